The van der Waals surface area contributed by atoms with Crippen LogP contribution in [0.2, 0.25) is 0 Å². The van der Waals surface area contributed by atoms with Crippen molar-refractivity contribution in [3.05, 3.63) is 0 Å². The molecule has 0 aromatic carbocycles. The summed E-state index contributed by atoms with van der Waals surface area (Å²) in [5.41, 5.74) is 10.2. The van der Waals surface area contributed by atoms with Crippen LogP contribution in [0, 0.1) is 5.92 Å². The number of nitrogens with two attached hydrogens (primary N) is 2. The van der Waals surface area contributed by atoms with E-state index in [4.69, 9.17) is 11.5 Å². The van der Waals surface area contributed by atoms with Crippen molar-refractivity contribution in [3.8, 4) is 0 Å². The third-order valence-corrected chi connectivity index (χ3v) is 2.33. The highest BCUT2D eigenvalue weighted by atomic mass is 16.2. The summed E-state index contributed by atoms with van der Waals surface area (Å²) >= 11 is 0. The van der Waals surface area contributed by atoms with Crippen LogP contribution >= 0.6 is 0 Å². The van der Waals surface area contributed by atoms with Gasteiger partial charge in [-0.1, -0.05) is 13.8 Å². The molecule has 0 aromatic heterocycles. The molecule has 6 N–H and O–H groups in total. The van der Waals surface area contributed by atoms with Gasteiger partial charge < -0.3 is 22.1 Å². The van der Waals surface area contributed by atoms with Gasteiger partial charge in [-0.25, -0.2) is 0 Å². The molecule has 0 bridgehead atoms. The molecule has 0 saturated carbocycles. The summed E-state index contributed by atoms with van der Waals surface area (Å²) < 4.78 is 0. The smallest absolute Gasteiger partial charge is 0.243 e. The van der Waals surface area contributed by atoms with Gasteiger partial charge in [0.15, 0.2) is 0 Å². The fraction of sp³-hybridized carbons (Fsp3) is 0.727. The molecular weight excluding hydrogens is 236 g/mol. The first-order valence-corrected chi connectivity index (χ1v) is 5.87. The van der Waals surface area contributed by atoms with E-state index < -0.39 is 29.8 Å². The highest BCUT2D eigenvalue weighted by Crippen LogP contribution is 2.05. The first-order valence-electron chi connectivity index (χ1n) is 5.87. The van der Waals surface area contributed by atoms with Gasteiger partial charge in [0.25, 0.3) is 0 Å². The van der Waals surface area contributed by atoms with Crippen LogP contribution in [-0.4, -0.2) is 36.3 Å². The molecule has 7 nitrogen and oxygen atoms in total. The molecule has 7 heteroatoms. The Balaban J connectivity index is 4.58. The van der Waals surface area contributed by atoms with Crippen LogP contribution < -0.4 is 22.1 Å². The van der Waals surface area contributed by atoms with Crippen LogP contribution in [0.25, 0.3) is 0 Å². The summed E-state index contributed by atoms with van der Waals surface area (Å²) in [5.74, 6) is -1.26. The third kappa shape index (κ3) is 6.19. The number of hydrogen-bond donors (Lipinski definition) is 4. The number of hydrogen-bond acceptors (Lipinski definition) is 4. The number of nitrogens with one attached hydrogen (secondary N) is 2. The maximum absolute atomic E-state index is 11.9. The highest BCUT2D eigenvalue weighted by molar-refractivity contribution is 5.91. The molecule has 0 aliphatic carbocycles. The highest BCUT2D eigenvalue weighted by Gasteiger charge is 2.23. The zero-order chi connectivity index (χ0) is 14.3. The van der Waals surface area contributed by atoms with Gasteiger partial charge in [-0.3, -0.25) is 14.4 Å². The maximum Gasteiger partial charge on any atom is 0.243 e. The Morgan fingerprint density at radius 3 is 2.06 bits per heavy atom. The zero-order valence-corrected chi connectivity index (χ0v) is 11.0. The van der Waals surface area contributed by atoms with Crippen molar-refractivity contribution in [1.29, 1.82) is 0 Å². The zero-order valence-electron chi connectivity index (χ0n) is 11.0. The molecule has 0 rings (SSSR count). The summed E-state index contributed by atoms with van der Waals surface area (Å²) in [6.45, 7) is 5.14. The second kappa shape index (κ2) is 7.65. The molecule has 104 valence electrons. The van der Waals surface area contributed by atoms with E-state index in [2.05, 4.69) is 10.6 Å². The van der Waals surface area contributed by atoms with E-state index in [9.17, 15) is 14.4 Å². The monoisotopic (exact) mass is 258 g/mol. The van der Waals surface area contributed by atoms with Crippen molar-refractivity contribution < 1.29 is 14.4 Å². The Labute approximate surface area is 107 Å². The lowest BCUT2D eigenvalue weighted by Crippen LogP contribution is -2.53. The van der Waals surface area contributed by atoms with Gasteiger partial charge in [0, 0.05) is 0 Å². The number of amides is 3. The van der Waals surface area contributed by atoms with E-state index in [1.54, 1.807) is 0 Å². The summed E-state index contributed by atoms with van der Waals surface area (Å²) in [6.07, 6.45) is 0.461. The molecule has 0 aliphatic heterocycles. The van der Waals surface area contributed by atoms with E-state index >= 15 is 0 Å². The first kappa shape index (κ1) is 16.4. The van der Waals surface area contributed by atoms with Crippen LogP contribution in [0.5, 0.6) is 0 Å². The molecule has 2 unspecified atom stereocenters. The van der Waals surface area contributed by atoms with E-state index in [0.717, 1.165) is 0 Å². The van der Waals surface area contributed by atoms with E-state index in [-0.39, 0.29) is 12.5 Å². The quantitative estimate of drug-likeness (QED) is 0.441. The molecule has 18 heavy (non-hydrogen) atoms. The molecule has 0 aromatic rings. The summed E-state index contributed by atoms with van der Waals surface area (Å²) in [6, 6.07) is -1.48. The van der Waals surface area contributed by atoms with Gasteiger partial charge in [-0.05, 0) is 19.3 Å². The third-order valence-electron chi connectivity index (χ3n) is 2.33. The minimum atomic E-state index is -0.776. The fourth-order valence-electron chi connectivity index (χ4n) is 1.34. The van der Waals surface area contributed by atoms with Gasteiger partial charge in [0.1, 0.15) is 12.1 Å². The maximum atomic E-state index is 11.9. The van der Waals surface area contributed by atoms with Crippen molar-refractivity contribution in [2.45, 2.75) is 39.3 Å². The van der Waals surface area contributed by atoms with Crippen LogP contribution in [0.3, 0.4) is 0 Å². The number of rotatable bonds is 7. The van der Waals surface area contributed by atoms with Crippen molar-refractivity contribution >= 4 is 17.7 Å². The summed E-state index contributed by atoms with van der Waals surface area (Å²) in [4.78, 5) is 33.9. The average Bonchev–Trinajstić information content (AvgIpc) is 2.26. The second-order valence-corrected chi connectivity index (χ2v) is 4.59. The van der Waals surface area contributed by atoms with Gasteiger partial charge in [-0.2, -0.15) is 0 Å². The van der Waals surface area contributed by atoms with Crippen LogP contribution in [0.1, 0.15) is 27.2 Å². The largest absolute Gasteiger partial charge is 0.368 e. The predicted octanol–water partition coefficient (Wildman–Crippen LogP) is -1.53. The lowest BCUT2D eigenvalue weighted by Gasteiger charge is -2.21. The lowest BCUT2D eigenvalue weighted by atomic mass is 10.0. The number of carbonyl (C=O) groups is 3. The van der Waals surface area contributed by atoms with Gasteiger partial charge in [0.2, 0.25) is 17.7 Å². The Kier molecular flexibility index (Phi) is 6.96. The van der Waals surface area contributed by atoms with Gasteiger partial charge in [-0.15, -0.1) is 0 Å². The first-order chi connectivity index (χ1) is 8.27. The van der Waals surface area contributed by atoms with Gasteiger partial charge >= 0.3 is 0 Å². The Morgan fingerprint density at radius 2 is 1.67 bits per heavy atom. The van der Waals surface area contributed by atoms with Crippen molar-refractivity contribution in [2.75, 3.05) is 6.54 Å². The molecule has 0 aliphatic rings. The minimum Gasteiger partial charge on any atom is -0.368 e. The normalized spacial score (nSPS) is 13.8. The fourth-order valence-corrected chi connectivity index (χ4v) is 1.34. The molecule has 0 fully saturated rings. The van der Waals surface area contributed by atoms with Crippen molar-refractivity contribution in [2.24, 2.45) is 17.4 Å². The van der Waals surface area contributed by atoms with E-state index in [0.29, 0.717) is 6.42 Å². The minimum absolute atomic E-state index is 0.187. The molecule has 3 amide bonds. The standard InChI is InChI=1S/C11H22N4O3/c1-6(2)4-8(15-9(16)5-12)11(18)14-7(3)10(13)17/h6-8H,4-5,12H2,1-3H3,(H2,13,17)(H,14,18)(H,15,16). The Bertz CT molecular complexity index is 317. The van der Waals surface area contributed by atoms with E-state index in [1.807, 2.05) is 13.8 Å². The molecule has 0 radical (unpaired) electrons. The summed E-state index contributed by atoms with van der Waals surface area (Å²) in [7, 11) is 0. The molecule has 0 spiro atoms. The van der Waals surface area contributed by atoms with E-state index in [1.165, 1.54) is 6.92 Å². The molecule has 0 heterocycles. The van der Waals surface area contributed by atoms with Crippen LogP contribution in [0.15, 0.2) is 0 Å². The number of primary amides is 1. The topological polar surface area (TPSA) is 127 Å². The van der Waals surface area contributed by atoms with Crippen LogP contribution in [0.4, 0.5) is 0 Å². The average molecular weight is 258 g/mol. The van der Waals surface area contributed by atoms with Gasteiger partial charge in [0.05, 0.1) is 6.54 Å². The Morgan fingerprint density at radius 1 is 1.11 bits per heavy atom. The SMILES string of the molecule is CC(C)CC(NC(=O)CN)C(=O)NC(C)C(N)=O. The van der Waals surface area contributed by atoms with Crippen molar-refractivity contribution in [1.82, 2.24) is 10.6 Å². The second-order valence-electron chi connectivity index (χ2n) is 4.59. The predicted molar refractivity (Wildman–Crippen MR) is 67.2 cm³/mol. The van der Waals surface area contributed by atoms with Crippen LogP contribution in [-0.2, 0) is 14.4 Å². The lowest BCUT2D eigenvalue weighted by molar-refractivity contribution is -0.131. The summed E-state index contributed by atoms with van der Waals surface area (Å²) in [5, 5.41) is 4.96. The molecule has 2 atom stereocenters. The molecule has 0 saturated heterocycles. The molecular formula is C11H22N4O3. The number of carbonyl (C=O) groups excluding carboxylic acids is 3. The van der Waals surface area contributed by atoms with Crippen molar-refractivity contribution in [3.63, 3.8) is 0 Å². The Hall–Kier alpha value is -1.63.